The molecule has 0 spiro atoms. The minimum absolute atomic E-state index is 0.00934. The van der Waals surface area contributed by atoms with Gasteiger partial charge in [-0.2, -0.15) is 0 Å². The summed E-state index contributed by atoms with van der Waals surface area (Å²) in [5, 5.41) is 0. The molecule has 7 heteroatoms. The third kappa shape index (κ3) is 3.87. The standard InChI is InChI=1S/C16H20N4O3/c1-11-19-14(10-23-11)16(21)20-6-7-22-13(9-20)3-2-12-4-5-18-15(17)8-12/h4-5,8,10,13H,2-3,6-7,9H2,1H3,(H2,17,18)/t13-/m0/s1. The lowest BCUT2D eigenvalue weighted by Gasteiger charge is -2.32. The van der Waals surface area contributed by atoms with Crippen LogP contribution in [0.3, 0.4) is 0 Å². The van der Waals surface area contributed by atoms with Crippen molar-refractivity contribution in [1.29, 1.82) is 0 Å². The Morgan fingerprint density at radius 1 is 1.52 bits per heavy atom. The van der Waals surface area contributed by atoms with E-state index in [0.717, 1.165) is 18.4 Å². The van der Waals surface area contributed by atoms with Crippen LogP contribution in [0.2, 0.25) is 0 Å². The molecule has 0 bridgehead atoms. The molecular formula is C16H20N4O3. The Morgan fingerprint density at radius 3 is 3.13 bits per heavy atom. The maximum atomic E-state index is 12.4. The molecule has 1 aliphatic rings. The van der Waals surface area contributed by atoms with E-state index in [9.17, 15) is 4.79 Å². The van der Waals surface area contributed by atoms with Crippen molar-refractivity contribution in [1.82, 2.24) is 14.9 Å². The fourth-order valence-corrected chi connectivity index (χ4v) is 2.68. The molecule has 1 atom stereocenters. The molecule has 0 radical (unpaired) electrons. The molecule has 1 aliphatic heterocycles. The number of aryl methyl sites for hydroxylation is 2. The largest absolute Gasteiger partial charge is 0.448 e. The topological polar surface area (TPSA) is 94.5 Å². The van der Waals surface area contributed by atoms with Gasteiger partial charge in [-0.15, -0.1) is 0 Å². The number of anilines is 1. The Bertz CT molecular complexity index is 685. The molecule has 122 valence electrons. The van der Waals surface area contributed by atoms with Crippen molar-refractivity contribution in [3.63, 3.8) is 0 Å². The monoisotopic (exact) mass is 316 g/mol. The van der Waals surface area contributed by atoms with Gasteiger partial charge in [0.1, 0.15) is 12.1 Å². The first kappa shape index (κ1) is 15.5. The van der Waals surface area contributed by atoms with E-state index in [1.165, 1.54) is 6.26 Å². The molecule has 0 aromatic carbocycles. The Morgan fingerprint density at radius 2 is 2.39 bits per heavy atom. The van der Waals surface area contributed by atoms with Gasteiger partial charge in [0, 0.05) is 26.2 Å². The van der Waals surface area contributed by atoms with Crippen molar-refractivity contribution in [3.05, 3.63) is 41.7 Å². The van der Waals surface area contributed by atoms with Crippen molar-refractivity contribution >= 4 is 11.7 Å². The van der Waals surface area contributed by atoms with Gasteiger partial charge in [0.25, 0.3) is 5.91 Å². The van der Waals surface area contributed by atoms with Crippen LogP contribution in [0, 0.1) is 6.92 Å². The van der Waals surface area contributed by atoms with Gasteiger partial charge in [-0.05, 0) is 30.5 Å². The lowest BCUT2D eigenvalue weighted by atomic mass is 10.1. The van der Waals surface area contributed by atoms with Crippen LogP contribution < -0.4 is 5.73 Å². The number of rotatable bonds is 4. The highest BCUT2D eigenvalue weighted by molar-refractivity contribution is 5.92. The van der Waals surface area contributed by atoms with Crippen molar-refractivity contribution in [2.45, 2.75) is 25.9 Å². The predicted molar refractivity (Wildman–Crippen MR) is 83.9 cm³/mol. The Balaban J connectivity index is 1.56. The average Bonchev–Trinajstić information content (AvgIpc) is 2.99. The number of nitrogens with two attached hydrogens (primary N) is 1. The lowest BCUT2D eigenvalue weighted by Crippen LogP contribution is -2.45. The average molecular weight is 316 g/mol. The summed E-state index contributed by atoms with van der Waals surface area (Å²) in [6, 6.07) is 3.81. The highest BCUT2D eigenvalue weighted by Crippen LogP contribution is 2.15. The first-order valence-corrected chi connectivity index (χ1v) is 7.65. The van der Waals surface area contributed by atoms with E-state index in [-0.39, 0.29) is 12.0 Å². The highest BCUT2D eigenvalue weighted by atomic mass is 16.5. The number of carbonyl (C=O) groups excluding carboxylic acids is 1. The van der Waals surface area contributed by atoms with Crippen LogP contribution >= 0.6 is 0 Å². The second kappa shape index (κ2) is 6.78. The van der Waals surface area contributed by atoms with Crippen LogP contribution in [-0.4, -0.2) is 46.6 Å². The van der Waals surface area contributed by atoms with Gasteiger partial charge >= 0.3 is 0 Å². The van der Waals surface area contributed by atoms with E-state index < -0.39 is 0 Å². The molecule has 0 unspecified atom stereocenters. The van der Waals surface area contributed by atoms with Crippen molar-refractivity contribution in [2.24, 2.45) is 0 Å². The van der Waals surface area contributed by atoms with E-state index in [1.54, 1.807) is 18.0 Å². The van der Waals surface area contributed by atoms with E-state index in [4.69, 9.17) is 14.9 Å². The number of carbonyl (C=O) groups is 1. The maximum absolute atomic E-state index is 12.4. The van der Waals surface area contributed by atoms with Gasteiger partial charge in [-0.25, -0.2) is 9.97 Å². The summed E-state index contributed by atoms with van der Waals surface area (Å²) in [5.41, 5.74) is 7.16. The molecule has 0 aliphatic carbocycles. The third-order valence-electron chi connectivity index (χ3n) is 3.86. The molecule has 7 nitrogen and oxygen atoms in total. The quantitative estimate of drug-likeness (QED) is 0.917. The number of oxazole rings is 1. The zero-order valence-corrected chi connectivity index (χ0v) is 13.1. The number of nitrogens with zero attached hydrogens (tertiary/aromatic N) is 3. The van der Waals surface area contributed by atoms with Gasteiger partial charge < -0.3 is 19.8 Å². The van der Waals surface area contributed by atoms with E-state index >= 15 is 0 Å². The number of pyridine rings is 1. The minimum Gasteiger partial charge on any atom is -0.448 e. The summed E-state index contributed by atoms with van der Waals surface area (Å²) in [6.07, 6.45) is 4.78. The van der Waals surface area contributed by atoms with Crippen LogP contribution in [-0.2, 0) is 11.2 Å². The number of morpholine rings is 1. The number of nitrogen functional groups attached to an aromatic ring is 1. The summed E-state index contributed by atoms with van der Waals surface area (Å²) in [6.45, 7) is 3.39. The summed E-state index contributed by atoms with van der Waals surface area (Å²) in [5.74, 6) is 0.905. The maximum Gasteiger partial charge on any atom is 0.275 e. The van der Waals surface area contributed by atoms with Crippen LogP contribution in [0.4, 0.5) is 5.82 Å². The summed E-state index contributed by atoms with van der Waals surface area (Å²) in [7, 11) is 0. The van der Waals surface area contributed by atoms with Crippen molar-refractivity contribution in [3.8, 4) is 0 Å². The Labute approximate surface area is 134 Å². The van der Waals surface area contributed by atoms with Gasteiger partial charge in [-0.3, -0.25) is 4.79 Å². The Hall–Kier alpha value is -2.41. The molecule has 3 rings (SSSR count). The van der Waals surface area contributed by atoms with Gasteiger partial charge in [0.15, 0.2) is 11.6 Å². The number of hydrogen-bond acceptors (Lipinski definition) is 6. The van der Waals surface area contributed by atoms with Gasteiger partial charge in [0.05, 0.1) is 12.7 Å². The van der Waals surface area contributed by atoms with Crippen LogP contribution in [0.1, 0.15) is 28.4 Å². The molecule has 2 aromatic rings. The van der Waals surface area contributed by atoms with Crippen molar-refractivity contribution < 1.29 is 13.9 Å². The molecule has 3 heterocycles. The zero-order chi connectivity index (χ0) is 16.2. The summed E-state index contributed by atoms with van der Waals surface area (Å²) >= 11 is 0. The van der Waals surface area contributed by atoms with Crippen LogP contribution in [0.15, 0.2) is 29.0 Å². The predicted octanol–water partition coefficient (Wildman–Crippen LogP) is 1.43. The van der Waals surface area contributed by atoms with E-state index in [1.807, 2.05) is 12.1 Å². The molecule has 2 N–H and O–H groups in total. The molecule has 1 fully saturated rings. The van der Waals surface area contributed by atoms with E-state index in [0.29, 0.717) is 37.1 Å². The van der Waals surface area contributed by atoms with Crippen LogP contribution in [0.25, 0.3) is 0 Å². The molecule has 23 heavy (non-hydrogen) atoms. The normalized spacial score (nSPS) is 18.1. The third-order valence-corrected chi connectivity index (χ3v) is 3.86. The molecular weight excluding hydrogens is 296 g/mol. The highest BCUT2D eigenvalue weighted by Gasteiger charge is 2.26. The number of amides is 1. The van der Waals surface area contributed by atoms with Gasteiger partial charge in [-0.1, -0.05) is 0 Å². The molecule has 2 aromatic heterocycles. The molecule has 1 amide bonds. The molecule has 1 saturated heterocycles. The fraction of sp³-hybridized carbons (Fsp3) is 0.438. The lowest BCUT2D eigenvalue weighted by molar-refractivity contribution is -0.0247. The molecule has 0 saturated carbocycles. The van der Waals surface area contributed by atoms with E-state index in [2.05, 4.69) is 9.97 Å². The second-order valence-electron chi connectivity index (χ2n) is 5.62. The zero-order valence-electron chi connectivity index (χ0n) is 13.1. The number of aromatic nitrogens is 2. The minimum atomic E-state index is -0.108. The van der Waals surface area contributed by atoms with Crippen molar-refractivity contribution in [2.75, 3.05) is 25.4 Å². The number of ether oxygens (including phenoxy) is 1. The smallest absolute Gasteiger partial charge is 0.275 e. The Kier molecular flexibility index (Phi) is 4.57. The summed E-state index contributed by atoms with van der Waals surface area (Å²) < 4.78 is 10.9. The van der Waals surface area contributed by atoms with Crippen LogP contribution in [0.5, 0.6) is 0 Å². The first-order valence-electron chi connectivity index (χ1n) is 7.65. The number of hydrogen-bond donors (Lipinski definition) is 1. The fourth-order valence-electron chi connectivity index (χ4n) is 2.68. The summed E-state index contributed by atoms with van der Waals surface area (Å²) in [4.78, 5) is 22.2. The first-order chi connectivity index (χ1) is 11.1. The van der Waals surface area contributed by atoms with Gasteiger partial charge in [0.2, 0.25) is 0 Å². The SMILES string of the molecule is Cc1nc(C(=O)N2CCO[C@@H](CCc3ccnc(N)c3)C2)co1. The second-order valence-corrected chi connectivity index (χ2v) is 5.62.